The zero-order valence-electron chi connectivity index (χ0n) is 20.6. The van der Waals surface area contributed by atoms with Gasteiger partial charge in [0.25, 0.3) is 5.91 Å². The van der Waals surface area contributed by atoms with Gasteiger partial charge in [0.15, 0.2) is 11.5 Å². The third kappa shape index (κ3) is 6.06. The van der Waals surface area contributed by atoms with E-state index >= 15 is 0 Å². The van der Waals surface area contributed by atoms with E-state index in [2.05, 4.69) is 5.32 Å². The lowest BCUT2D eigenvalue weighted by atomic mass is 10.0. The van der Waals surface area contributed by atoms with E-state index in [1.807, 2.05) is 54.6 Å². The van der Waals surface area contributed by atoms with Crippen molar-refractivity contribution in [3.63, 3.8) is 0 Å². The van der Waals surface area contributed by atoms with Gasteiger partial charge in [-0.25, -0.2) is 4.98 Å². The number of methoxy groups -OCH3 is 3. The van der Waals surface area contributed by atoms with Crippen LogP contribution in [0.2, 0.25) is 10.0 Å². The first-order valence-corrected chi connectivity index (χ1v) is 13.4. The molecule has 0 aliphatic carbocycles. The normalized spacial score (nSPS) is 10.8. The molecule has 4 aromatic rings. The number of rotatable bonds is 10. The van der Waals surface area contributed by atoms with Crippen LogP contribution in [0, 0.1) is 0 Å². The number of aromatic nitrogens is 1. The zero-order valence-corrected chi connectivity index (χ0v) is 23.0. The summed E-state index contributed by atoms with van der Waals surface area (Å²) in [6.07, 6.45) is 0. The van der Waals surface area contributed by atoms with Gasteiger partial charge in [-0.05, 0) is 42.0 Å². The number of thioether (sulfide) groups is 1. The van der Waals surface area contributed by atoms with Gasteiger partial charge in [-0.2, -0.15) is 11.8 Å². The van der Waals surface area contributed by atoms with Gasteiger partial charge < -0.3 is 19.5 Å². The minimum Gasteiger partial charge on any atom is -0.493 e. The summed E-state index contributed by atoms with van der Waals surface area (Å²) in [5.74, 6) is 2.70. The highest BCUT2D eigenvalue weighted by Crippen LogP contribution is 2.41. The topological polar surface area (TPSA) is 69.7 Å². The molecule has 0 radical (unpaired) electrons. The molecule has 1 aromatic heterocycles. The molecule has 6 nitrogen and oxygen atoms in total. The van der Waals surface area contributed by atoms with Crippen molar-refractivity contribution in [1.29, 1.82) is 0 Å². The van der Waals surface area contributed by atoms with Crippen LogP contribution in [-0.4, -0.2) is 44.5 Å². The van der Waals surface area contributed by atoms with Gasteiger partial charge in [0, 0.05) is 39.0 Å². The van der Waals surface area contributed by atoms with E-state index in [0.717, 1.165) is 16.5 Å². The number of amides is 1. The average molecular weight is 557 g/mol. The van der Waals surface area contributed by atoms with E-state index in [1.54, 1.807) is 39.2 Å². The second-order valence-corrected chi connectivity index (χ2v) is 9.91. The number of para-hydroxylation sites is 1. The van der Waals surface area contributed by atoms with Crippen LogP contribution in [0.15, 0.2) is 60.7 Å². The van der Waals surface area contributed by atoms with Gasteiger partial charge in [-0.15, -0.1) is 0 Å². The van der Waals surface area contributed by atoms with Crippen molar-refractivity contribution in [2.45, 2.75) is 5.75 Å². The Kier molecular flexibility index (Phi) is 9.03. The predicted octanol–water partition coefficient (Wildman–Crippen LogP) is 6.90. The smallest absolute Gasteiger partial charge is 0.252 e. The molecule has 37 heavy (non-hydrogen) atoms. The maximum Gasteiger partial charge on any atom is 0.252 e. The maximum absolute atomic E-state index is 13.3. The number of hydrogen-bond acceptors (Lipinski definition) is 6. The predicted molar refractivity (Wildman–Crippen MR) is 152 cm³/mol. The van der Waals surface area contributed by atoms with Crippen molar-refractivity contribution in [3.05, 3.63) is 81.8 Å². The maximum atomic E-state index is 13.3. The van der Waals surface area contributed by atoms with Gasteiger partial charge in [0.1, 0.15) is 0 Å². The van der Waals surface area contributed by atoms with Crippen LogP contribution in [-0.2, 0) is 5.75 Å². The Labute approximate surface area is 230 Å². The molecule has 1 amide bonds. The van der Waals surface area contributed by atoms with E-state index in [9.17, 15) is 4.79 Å². The molecule has 0 spiro atoms. The zero-order chi connectivity index (χ0) is 26.4. The fourth-order valence-electron chi connectivity index (χ4n) is 3.92. The number of ether oxygens (including phenoxy) is 3. The molecule has 0 bridgehead atoms. The quantitative estimate of drug-likeness (QED) is 0.214. The van der Waals surface area contributed by atoms with Gasteiger partial charge >= 0.3 is 0 Å². The number of hydrogen-bond donors (Lipinski definition) is 1. The molecular weight excluding hydrogens is 531 g/mol. The number of fused-ring (bicyclic) bond motifs is 1. The molecule has 0 atom stereocenters. The summed E-state index contributed by atoms with van der Waals surface area (Å²) in [6, 6.07) is 18.5. The molecule has 0 saturated carbocycles. The van der Waals surface area contributed by atoms with Crippen LogP contribution in [0.25, 0.3) is 22.2 Å². The SMILES string of the molecule is COc1cc(-c2cc(C(=O)NCCSCc3c(Cl)cccc3Cl)c3ccccc3n2)cc(OC)c1OC. The van der Waals surface area contributed by atoms with E-state index in [0.29, 0.717) is 62.1 Å². The van der Waals surface area contributed by atoms with Gasteiger partial charge in [0.05, 0.1) is 38.1 Å². The lowest BCUT2D eigenvalue weighted by Gasteiger charge is -2.15. The second-order valence-electron chi connectivity index (χ2n) is 7.99. The monoisotopic (exact) mass is 556 g/mol. The first-order valence-electron chi connectivity index (χ1n) is 11.5. The lowest BCUT2D eigenvalue weighted by Crippen LogP contribution is -2.26. The Balaban J connectivity index is 1.55. The summed E-state index contributed by atoms with van der Waals surface area (Å²) in [4.78, 5) is 18.1. The minimum atomic E-state index is -0.177. The van der Waals surface area contributed by atoms with Gasteiger partial charge in [0.2, 0.25) is 5.75 Å². The standard InChI is InChI=1S/C28H26Cl2N2O4S/c1-34-25-13-17(14-26(35-2)27(25)36-3)24-15-19(18-7-4-5-10-23(18)32-24)28(33)31-11-12-37-16-20-21(29)8-6-9-22(20)30/h4-10,13-15H,11-12,16H2,1-3H3,(H,31,33). The van der Waals surface area contributed by atoms with E-state index in [-0.39, 0.29) is 5.91 Å². The lowest BCUT2D eigenvalue weighted by molar-refractivity contribution is 0.0958. The van der Waals surface area contributed by atoms with Crippen LogP contribution < -0.4 is 19.5 Å². The number of carbonyl (C=O) groups is 1. The molecular formula is C28H26Cl2N2O4S. The molecule has 9 heteroatoms. The molecule has 1 heterocycles. The number of halogens is 2. The summed E-state index contributed by atoms with van der Waals surface area (Å²) in [5.41, 5.74) is 3.50. The number of benzene rings is 3. The van der Waals surface area contributed by atoms with Crippen molar-refractivity contribution >= 4 is 51.8 Å². The van der Waals surface area contributed by atoms with Crippen molar-refractivity contribution in [3.8, 4) is 28.5 Å². The van der Waals surface area contributed by atoms with Crippen molar-refractivity contribution < 1.29 is 19.0 Å². The molecule has 0 aliphatic rings. The first kappa shape index (κ1) is 26.9. The largest absolute Gasteiger partial charge is 0.493 e. The van der Waals surface area contributed by atoms with Crippen LogP contribution in [0.3, 0.4) is 0 Å². The van der Waals surface area contributed by atoms with Gasteiger partial charge in [-0.1, -0.05) is 47.5 Å². The molecule has 4 rings (SSSR count). The van der Waals surface area contributed by atoms with Crippen molar-refractivity contribution in [2.75, 3.05) is 33.6 Å². The third-order valence-electron chi connectivity index (χ3n) is 5.76. The molecule has 0 unspecified atom stereocenters. The van der Waals surface area contributed by atoms with Crippen molar-refractivity contribution in [2.24, 2.45) is 0 Å². The Morgan fingerprint density at radius 2 is 1.59 bits per heavy atom. The fourth-order valence-corrected chi connectivity index (χ4v) is 5.51. The third-order valence-corrected chi connectivity index (χ3v) is 7.46. The highest BCUT2D eigenvalue weighted by atomic mass is 35.5. The van der Waals surface area contributed by atoms with E-state index in [1.165, 1.54) is 0 Å². The Hall–Kier alpha value is -3.13. The van der Waals surface area contributed by atoms with Crippen molar-refractivity contribution in [1.82, 2.24) is 10.3 Å². The highest BCUT2D eigenvalue weighted by Gasteiger charge is 2.18. The second kappa shape index (κ2) is 12.4. The Bertz CT molecular complexity index is 1390. The Morgan fingerprint density at radius 1 is 0.919 bits per heavy atom. The average Bonchev–Trinajstić information content (AvgIpc) is 2.92. The summed E-state index contributed by atoms with van der Waals surface area (Å²) < 4.78 is 16.4. The Morgan fingerprint density at radius 3 is 2.24 bits per heavy atom. The fraction of sp³-hybridized carbons (Fsp3) is 0.214. The summed E-state index contributed by atoms with van der Waals surface area (Å²) >= 11 is 14.2. The van der Waals surface area contributed by atoms with Crippen LogP contribution in [0.5, 0.6) is 17.2 Å². The number of nitrogens with one attached hydrogen (secondary N) is 1. The van der Waals surface area contributed by atoms with Gasteiger partial charge in [-0.3, -0.25) is 4.79 Å². The van der Waals surface area contributed by atoms with E-state index in [4.69, 9.17) is 42.4 Å². The molecule has 1 N–H and O–H groups in total. The summed E-state index contributed by atoms with van der Waals surface area (Å²) in [5, 5.41) is 5.09. The van der Waals surface area contributed by atoms with Crippen LogP contribution >= 0.6 is 35.0 Å². The van der Waals surface area contributed by atoms with Crippen LogP contribution in [0.4, 0.5) is 0 Å². The van der Waals surface area contributed by atoms with Crippen LogP contribution in [0.1, 0.15) is 15.9 Å². The number of nitrogens with zero attached hydrogens (tertiary/aromatic N) is 1. The number of pyridine rings is 1. The van der Waals surface area contributed by atoms with E-state index < -0.39 is 0 Å². The minimum absolute atomic E-state index is 0.177. The molecule has 0 fully saturated rings. The molecule has 3 aromatic carbocycles. The first-order chi connectivity index (χ1) is 18.0. The summed E-state index contributed by atoms with van der Waals surface area (Å²) in [6.45, 7) is 0.488. The molecule has 0 aliphatic heterocycles. The molecule has 192 valence electrons. The number of carbonyl (C=O) groups excluding carboxylic acids is 1. The highest BCUT2D eigenvalue weighted by molar-refractivity contribution is 7.98. The summed E-state index contributed by atoms with van der Waals surface area (Å²) in [7, 11) is 4.68. The molecule has 0 saturated heterocycles.